The number of nitrogens with two attached hydrogens (primary N) is 1. The van der Waals surface area contributed by atoms with Gasteiger partial charge >= 0.3 is 0 Å². The minimum atomic E-state index is -3.54. The maximum atomic E-state index is 12.3. The quantitative estimate of drug-likeness (QED) is 0.733. The van der Waals surface area contributed by atoms with E-state index < -0.39 is 10.0 Å². The molecule has 6 nitrogen and oxygen atoms in total. The van der Waals surface area contributed by atoms with E-state index in [4.69, 9.17) is 5.73 Å². The van der Waals surface area contributed by atoms with Crippen LogP contribution in [0.4, 0.5) is 5.69 Å². The van der Waals surface area contributed by atoms with E-state index in [2.05, 4.69) is 37.5 Å². The number of likely N-dealkylation sites (N-methyl/N-ethyl adjacent to an activating group) is 1. The van der Waals surface area contributed by atoms with E-state index >= 15 is 0 Å². The van der Waals surface area contributed by atoms with Crippen LogP contribution in [-0.2, 0) is 10.0 Å². The van der Waals surface area contributed by atoms with Gasteiger partial charge in [0, 0.05) is 49.4 Å². The maximum Gasteiger partial charge on any atom is 0.241 e. The van der Waals surface area contributed by atoms with Gasteiger partial charge in [-0.05, 0) is 41.2 Å². The molecule has 118 valence electrons. The minimum Gasteiger partial charge on any atom is -0.399 e. The predicted octanol–water partition coefficient (Wildman–Crippen LogP) is 0.557. The highest BCUT2D eigenvalue weighted by molar-refractivity contribution is 9.10. The van der Waals surface area contributed by atoms with Crippen LogP contribution in [0.25, 0.3) is 0 Å². The zero-order valence-electron chi connectivity index (χ0n) is 12.0. The molecule has 1 aliphatic heterocycles. The van der Waals surface area contributed by atoms with E-state index in [1.807, 2.05) is 0 Å². The summed E-state index contributed by atoms with van der Waals surface area (Å²) >= 11 is 3.25. The standard InChI is InChI=1S/C13H21BrN4O2S/c1-17-6-8-18(9-7-17)5-4-16-21(19,20)13-10-11(15)2-3-12(13)14/h2-3,10,16H,4-9,15H2,1H3. The van der Waals surface area contributed by atoms with Crippen molar-refractivity contribution in [3.05, 3.63) is 22.7 Å². The van der Waals surface area contributed by atoms with E-state index in [-0.39, 0.29) is 4.90 Å². The van der Waals surface area contributed by atoms with Gasteiger partial charge in [0.1, 0.15) is 0 Å². The first-order valence-corrected chi connectivity index (χ1v) is 9.12. The molecule has 0 radical (unpaired) electrons. The molecule has 0 saturated carbocycles. The van der Waals surface area contributed by atoms with Crippen molar-refractivity contribution in [3.8, 4) is 0 Å². The summed E-state index contributed by atoms with van der Waals surface area (Å²) in [5.74, 6) is 0. The first-order chi connectivity index (χ1) is 9.88. The molecule has 1 fully saturated rings. The molecule has 21 heavy (non-hydrogen) atoms. The van der Waals surface area contributed by atoms with Gasteiger partial charge in [-0.15, -0.1) is 0 Å². The first-order valence-electron chi connectivity index (χ1n) is 6.84. The Morgan fingerprint density at radius 1 is 1.29 bits per heavy atom. The van der Waals surface area contributed by atoms with Gasteiger partial charge in [-0.1, -0.05) is 0 Å². The van der Waals surface area contributed by atoms with Crippen LogP contribution in [0, 0.1) is 0 Å². The third-order valence-electron chi connectivity index (χ3n) is 3.56. The van der Waals surface area contributed by atoms with Gasteiger partial charge in [0.05, 0.1) is 4.90 Å². The van der Waals surface area contributed by atoms with Crippen molar-refractivity contribution in [2.75, 3.05) is 52.0 Å². The van der Waals surface area contributed by atoms with Crippen molar-refractivity contribution in [2.24, 2.45) is 0 Å². The van der Waals surface area contributed by atoms with Crippen molar-refractivity contribution in [1.29, 1.82) is 0 Å². The fourth-order valence-corrected chi connectivity index (χ4v) is 4.23. The molecule has 0 aromatic heterocycles. The third-order valence-corrected chi connectivity index (χ3v) is 6.02. The molecular weight excluding hydrogens is 356 g/mol. The monoisotopic (exact) mass is 376 g/mol. The number of anilines is 1. The fraction of sp³-hybridized carbons (Fsp3) is 0.538. The molecule has 0 bridgehead atoms. The van der Waals surface area contributed by atoms with Gasteiger partial charge in [0.15, 0.2) is 0 Å². The Hall–Kier alpha value is -0.670. The zero-order valence-corrected chi connectivity index (χ0v) is 14.5. The van der Waals surface area contributed by atoms with Gasteiger partial charge in [-0.2, -0.15) is 0 Å². The Morgan fingerprint density at radius 3 is 2.62 bits per heavy atom. The molecule has 3 N–H and O–H groups in total. The summed E-state index contributed by atoms with van der Waals surface area (Å²) < 4.78 is 27.7. The second-order valence-electron chi connectivity index (χ2n) is 5.23. The van der Waals surface area contributed by atoms with Crippen LogP contribution in [-0.4, -0.2) is 64.5 Å². The molecule has 0 aliphatic carbocycles. The normalized spacial score (nSPS) is 18.0. The number of rotatable bonds is 5. The first kappa shape index (κ1) is 16.7. The molecule has 1 aliphatic rings. The second kappa shape index (κ2) is 7.06. The number of nitrogen functional groups attached to an aromatic ring is 1. The predicted molar refractivity (Wildman–Crippen MR) is 87.7 cm³/mol. The molecule has 0 atom stereocenters. The van der Waals surface area contributed by atoms with E-state index in [0.717, 1.165) is 26.2 Å². The highest BCUT2D eigenvalue weighted by Crippen LogP contribution is 2.23. The van der Waals surface area contributed by atoms with Crippen LogP contribution in [0.2, 0.25) is 0 Å². The number of hydrogen-bond acceptors (Lipinski definition) is 5. The van der Waals surface area contributed by atoms with Gasteiger partial charge in [-0.25, -0.2) is 13.1 Å². The summed E-state index contributed by atoms with van der Waals surface area (Å²) in [6, 6.07) is 4.76. The highest BCUT2D eigenvalue weighted by Gasteiger charge is 2.19. The molecule has 0 spiro atoms. The largest absolute Gasteiger partial charge is 0.399 e. The lowest BCUT2D eigenvalue weighted by Crippen LogP contribution is -2.46. The van der Waals surface area contributed by atoms with Crippen LogP contribution in [0.15, 0.2) is 27.6 Å². The Labute approximate surface area is 134 Å². The van der Waals surface area contributed by atoms with Crippen LogP contribution in [0.3, 0.4) is 0 Å². The summed E-state index contributed by atoms with van der Waals surface area (Å²) in [6.45, 7) is 5.10. The molecule has 2 rings (SSSR count). The number of halogens is 1. The Balaban J connectivity index is 1.91. The van der Waals surface area contributed by atoms with Crippen molar-refractivity contribution in [3.63, 3.8) is 0 Å². The molecular formula is C13H21BrN4O2S. The Kier molecular flexibility index (Phi) is 5.61. The smallest absolute Gasteiger partial charge is 0.241 e. The molecule has 1 heterocycles. The lowest BCUT2D eigenvalue weighted by Gasteiger charge is -2.32. The minimum absolute atomic E-state index is 0.181. The van der Waals surface area contributed by atoms with Crippen molar-refractivity contribution >= 4 is 31.6 Å². The average Bonchev–Trinajstić information content (AvgIpc) is 2.43. The summed E-state index contributed by atoms with van der Waals surface area (Å²) in [4.78, 5) is 4.71. The van der Waals surface area contributed by atoms with Gasteiger partial charge in [0.25, 0.3) is 0 Å². The lowest BCUT2D eigenvalue weighted by molar-refractivity contribution is 0.156. The van der Waals surface area contributed by atoms with Crippen molar-refractivity contribution in [1.82, 2.24) is 14.5 Å². The van der Waals surface area contributed by atoms with E-state index in [9.17, 15) is 8.42 Å². The molecule has 0 unspecified atom stereocenters. The van der Waals surface area contributed by atoms with Gasteiger partial charge in [0.2, 0.25) is 10.0 Å². The topological polar surface area (TPSA) is 78.7 Å². The number of sulfonamides is 1. The summed E-state index contributed by atoms with van der Waals surface area (Å²) in [5, 5.41) is 0. The van der Waals surface area contributed by atoms with Crippen LogP contribution >= 0.6 is 15.9 Å². The van der Waals surface area contributed by atoms with E-state index in [1.165, 1.54) is 6.07 Å². The van der Waals surface area contributed by atoms with Crippen molar-refractivity contribution in [2.45, 2.75) is 4.90 Å². The average molecular weight is 377 g/mol. The van der Waals surface area contributed by atoms with Gasteiger partial charge in [-0.3, -0.25) is 4.90 Å². The van der Waals surface area contributed by atoms with E-state index in [0.29, 0.717) is 23.2 Å². The SMILES string of the molecule is CN1CCN(CCNS(=O)(=O)c2cc(N)ccc2Br)CC1. The summed E-state index contributed by atoms with van der Waals surface area (Å²) in [5.41, 5.74) is 6.09. The number of hydrogen-bond donors (Lipinski definition) is 2. The number of nitrogens with zero attached hydrogens (tertiary/aromatic N) is 2. The Bertz CT molecular complexity index is 586. The molecule has 1 aromatic carbocycles. The van der Waals surface area contributed by atoms with Crippen molar-refractivity contribution < 1.29 is 8.42 Å². The molecule has 8 heteroatoms. The third kappa shape index (κ3) is 4.65. The maximum absolute atomic E-state index is 12.3. The summed E-state index contributed by atoms with van der Waals surface area (Å²) in [7, 11) is -1.44. The van der Waals surface area contributed by atoms with E-state index in [1.54, 1.807) is 12.1 Å². The number of nitrogens with one attached hydrogen (secondary N) is 1. The fourth-order valence-electron chi connectivity index (χ4n) is 2.21. The highest BCUT2D eigenvalue weighted by atomic mass is 79.9. The lowest BCUT2D eigenvalue weighted by atomic mass is 10.3. The molecule has 1 aromatic rings. The molecule has 0 amide bonds. The van der Waals surface area contributed by atoms with Crippen LogP contribution in [0.5, 0.6) is 0 Å². The molecule has 1 saturated heterocycles. The van der Waals surface area contributed by atoms with Crippen LogP contribution < -0.4 is 10.5 Å². The zero-order chi connectivity index (χ0) is 15.5. The Morgan fingerprint density at radius 2 is 1.95 bits per heavy atom. The van der Waals surface area contributed by atoms with Crippen LogP contribution in [0.1, 0.15) is 0 Å². The van der Waals surface area contributed by atoms with Gasteiger partial charge < -0.3 is 10.6 Å². The number of benzene rings is 1. The number of piperazine rings is 1. The summed E-state index contributed by atoms with van der Waals surface area (Å²) in [6.07, 6.45) is 0. The second-order valence-corrected chi connectivity index (χ2v) is 7.82.